The third-order valence-electron chi connectivity index (χ3n) is 2.56. The van der Waals surface area contributed by atoms with Crippen LogP contribution in [0.3, 0.4) is 0 Å². The molecule has 0 fully saturated rings. The van der Waals surface area contributed by atoms with E-state index in [2.05, 4.69) is 17.1 Å². The molecule has 0 bridgehead atoms. The molecule has 0 aliphatic heterocycles. The molecule has 0 N–H and O–H groups in total. The Labute approximate surface area is 98.1 Å². The van der Waals surface area contributed by atoms with Crippen LogP contribution in [0.2, 0.25) is 5.02 Å². The van der Waals surface area contributed by atoms with E-state index in [1.807, 2.05) is 47.1 Å². The van der Waals surface area contributed by atoms with Gasteiger partial charge in [0.15, 0.2) is 5.65 Å². The molecule has 1 aromatic carbocycles. The van der Waals surface area contributed by atoms with Gasteiger partial charge in [-0.25, -0.2) is 4.98 Å². The van der Waals surface area contributed by atoms with E-state index in [9.17, 15) is 0 Å². The van der Waals surface area contributed by atoms with Crippen LogP contribution < -0.4 is 0 Å². The SMILES string of the molecule is Clc1cccn2c(-c3ccccc3)cnc12. The third-order valence-corrected chi connectivity index (χ3v) is 2.85. The molecule has 0 atom stereocenters. The van der Waals surface area contributed by atoms with Gasteiger partial charge in [-0.1, -0.05) is 41.9 Å². The van der Waals surface area contributed by atoms with Gasteiger partial charge in [-0.3, -0.25) is 4.40 Å². The lowest BCUT2D eigenvalue weighted by atomic mass is 10.2. The Kier molecular flexibility index (Phi) is 2.15. The van der Waals surface area contributed by atoms with E-state index in [0.717, 1.165) is 16.9 Å². The number of fused-ring (bicyclic) bond motifs is 1. The second-order valence-electron chi connectivity index (χ2n) is 3.56. The van der Waals surface area contributed by atoms with E-state index in [1.54, 1.807) is 0 Å². The summed E-state index contributed by atoms with van der Waals surface area (Å²) < 4.78 is 2.00. The third kappa shape index (κ3) is 1.39. The van der Waals surface area contributed by atoms with Crippen molar-refractivity contribution >= 4 is 17.2 Å². The van der Waals surface area contributed by atoms with Crippen LogP contribution in [0.15, 0.2) is 54.9 Å². The maximum Gasteiger partial charge on any atom is 0.156 e. The quantitative estimate of drug-likeness (QED) is 0.621. The lowest BCUT2D eigenvalue weighted by Crippen LogP contribution is -1.87. The number of aromatic nitrogens is 2. The Morgan fingerprint density at radius 3 is 2.62 bits per heavy atom. The standard InChI is InChI=1S/C13H9ClN2/c14-11-7-4-8-16-12(9-15-13(11)16)10-5-2-1-3-6-10/h1-9H. The van der Waals surface area contributed by atoms with Crippen LogP contribution in [0, 0.1) is 0 Å². The second-order valence-corrected chi connectivity index (χ2v) is 3.97. The summed E-state index contributed by atoms with van der Waals surface area (Å²) in [5, 5.41) is 0.671. The Bertz CT molecular complexity index is 629. The molecule has 2 nitrogen and oxygen atoms in total. The molecule has 0 unspecified atom stereocenters. The minimum absolute atomic E-state index is 0.671. The summed E-state index contributed by atoms with van der Waals surface area (Å²) in [5.41, 5.74) is 2.98. The number of hydrogen-bond acceptors (Lipinski definition) is 1. The Morgan fingerprint density at radius 2 is 1.81 bits per heavy atom. The summed E-state index contributed by atoms with van der Waals surface area (Å²) in [6.07, 6.45) is 3.81. The second kappa shape index (κ2) is 3.65. The van der Waals surface area contributed by atoms with Crippen molar-refractivity contribution in [2.45, 2.75) is 0 Å². The van der Waals surface area contributed by atoms with Crippen LogP contribution in [0.4, 0.5) is 0 Å². The van der Waals surface area contributed by atoms with E-state index >= 15 is 0 Å². The fourth-order valence-electron chi connectivity index (χ4n) is 1.80. The number of pyridine rings is 1. The molecule has 2 aromatic heterocycles. The van der Waals surface area contributed by atoms with Gasteiger partial charge in [0.2, 0.25) is 0 Å². The summed E-state index contributed by atoms with van der Waals surface area (Å²) >= 11 is 6.07. The van der Waals surface area contributed by atoms with Gasteiger partial charge < -0.3 is 0 Å². The molecular formula is C13H9ClN2. The van der Waals surface area contributed by atoms with Crippen LogP contribution >= 0.6 is 11.6 Å². The predicted octanol–water partition coefficient (Wildman–Crippen LogP) is 3.65. The number of rotatable bonds is 1. The molecule has 0 spiro atoms. The first-order valence-electron chi connectivity index (χ1n) is 5.03. The first-order chi connectivity index (χ1) is 7.86. The molecule has 0 amide bonds. The first kappa shape index (κ1) is 9.43. The Hall–Kier alpha value is -1.80. The Balaban J connectivity index is 2.30. The molecule has 0 aliphatic rings. The van der Waals surface area contributed by atoms with E-state index in [4.69, 9.17) is 11.6 Å². The van der Waals surface area contributed by atoms with Crippen molar-refractivity contribution in [3.63, 3.8) is 0 Å². The van der Waals surface area contributed by atoms with Crippen LogP contribution in [-0.4, -0.2) is 9.38 Å². The van der Waals surface area contributed by atoms with Crippen LogP contribution in [-0.2, 0) is 0 Å². The summed E-state index contributed by atoms with van der Waals surface area (Å²) in [6.45, 7) is 0. The number of halogens is 1. The van der Waals surface area contributed by atoms with Gasteiger partial charge in [-0.2, -0.15) is 0 Å². The van der Waals surface area contributed by atoms with Crippen LogP contribution in [0.25, 0.3) is 16.9 Å². The number of nitrogens with zero attached hydrogens (tertiary/aromatic N) is 2. The molecular weight excluding hydrogens is 220 g/mol. The molecule has 2 heterocycles. The lowest BCUT2D eigenvalue weighted by Gasteiger charge is -2.01. The van der Waals surface area contributed by atoms with Gasteiger partial charge in [-0.05, 0) is 12.1 Å². The highest BCUT2D eigenvalue weighted by Crippen LogP contribution is 2.23. The van der Waals surface area contributed by atoms with Crippen LogP contribution in [0.5, 0.6) is 0 Å². The largest absolute Gasteiger partial charge is 0.298 e. The lowest BCUT2D eigenvalue weighted by molar-refractivity contribution is 1.19. The van der Waals surface area contributed by atoms with Crippen molar-refractivity contribution in [1.82, 2.24) is 9.38 Å². The molecule has 3 heteroatoms. The highest BCUT2D eigenvalue weighted by Gasteiger charge is 2.06. The summed E-state index contributed by atoms with van der Waals surface area (Å²) in [6, 6.07) is 13.9. The van der Waals surface area contributed by atoms with E-state index in [-0.39, 0.29) is 0 Å². The molecule has 3 aromatic rings. The highest BCUT2D eigenvalue weighted by molar-refractivity contribution is 6.33. The van der Waals surface area contributed by atoms with Gasteiger partial charge in [0, 0.05) is 11.8 Å². The minimum atomic E-state index is 0.671. The topological polar surface area (TPSA) is 17.3 Å². The maximum atomic E-state index is 6.07. The van der Waals surface area contributed by atoms with Crippen molar-refractivity contribution in [2.24, 2.45) is 0 Å². The maximum absolute atomic E-state index is 6.07. The molecule has 0 radical (unpaired) electrons. The minimum Gasteiger partial charge on any atom is -0.298 e. The molecule has 0 saturated carbocycles. The molecule has 0 saturated heterocycles. The molecule has 0 aliphatic carbocycles. The zero-order chi connectivity index (χ0) is 11.0. The highest BCUT2D eigenvalue weighted by atomic mass is 35.5. The fourth-order valence-corrected chi connectivity index (χ4v) is 2.01. The van der Waals surface area contributed by atoms with E-state index in [0.29, 0.717) is 5.02 Å². The average molecular weight is 229 g/mol. The smallest absolute Gasteiger partial charge is 0.156 e. The average Bonchev–Trinajstić information content (AvgIpc) is 2.75. The van der Waals surface area contributed by atoms with Crippen LogP contribution in [0.1, 0.15) is 0 Å². The summed E-state index contributed by atoms with van der Waals surface area (Å²) in [4.78, 5) is 4.33. The Morgan fingerprint density at radius 1 is 1.00 bits per heavy atom. The predicted molar refractivity (Wildman–Crippen MR) is 65.6 cm³/mol. The van der Waals surface area contributed by atoms with E-state index in [1.165, 1.54) is 0 Å². The zero-order valence-corrected chi connectivity index (χ0v) is 9.22. The molecule has 3 rings (SSSR count). The van der Waals surface area contributed by atoms with E-state index < -0.39 is 0 Å². The van der Waals surface area contributed by atoms with Gasteiger partial charge in [0.25, 0.3) is 0 Å². The number of benzene rings is 1. The zero-order valence-electron chi connectivity index (χ0n) is 8.47. The van der Waals surface area contributed by atoms with Crippen molar-refractivity contribution in [3.05, 3.63) is 59.9 Å². The first-order valence-corrected chi connectivity index (χ1v) is 5.41. The van der Waals surface area contributed by atoms with Crippen molar-refractivity contribution in [3.8, 4) is 11.3 Å². The number of imidazole rings is 1. The van der Waals surface area contributed by atoms with Gasteiger partial charge in [0.05, 0.1) is 16.9 Å². The van der Waals surface area contributed by atoms with Crippen molar-refractivity contribution in [1.29, 1.82) is 0 Å². The van der Waals surface area contributed by atoms with Crippen molar-refractivity contribution < 1.29 is 0 Å². The van der Waals surface area contributed by atoms with Crippen molar-refractivity contribution in [2.75, 3.05) is 0 Å². The monoisotopic (exact) mass is 228 g/mol. The van der Waals surface area contributed by atoms with Gasteiger partial charge >= 0.3 is 0 Å². The number of hydrogen-bond donors (Lipinski definition) is 0. The summed E-state index contributed by atoms with van der Waals surface area (Å²) in [7, 11) is 0. The van der Waals surface area contributed by atoms with Gasteiger partial charge in [-0.15, -0.1) is 0 Å². The summed E-state index contributed by atoms with van der Waals surface area (Å²) in [5.74, 6) is 0. The molecule has 16 heavy (non-hydrogen) atoms. The normalized spacial score (nSPS) is 10.8. The van der Waals surface area contributed by atoms with Gasteiger partial charge in [0.1, 0.15) is 0 Å². The molecule has 78 valence electrons. The fraction of sp³-hybridized carbons (Fsp3) is 0.